The second-order valence-corrected chi connectivity index (χ2v) is 5.74. The molecule has 3 heteroatoms. The number of rotatable bonds is 4. The van der Waals surface area contributed by atoms with Crippen LogP contribution in [-0.2, 0) is 13.0 Å². The van der Waals surface area contributed by atoms with Crippen LogP contribution in [0.2, 0.25) is 0 Å². The highest BCUT2D eigenvalue weighted by atomic mass is 79.9. The minimum atomic E-state index is -0.201. The number of nitrogens with one attached hydrogen (secondary N) is 1. The average molecular weight is 320 g/mol. The lowest BCUT2D eigenvalue weighted by Crippen LogP contribution is -2.28. The predicted molar refractivity (Wildman–Crippen MR) is 78.7 cm³/mol. The third-order valence-electron chi connectivity index (χ3n) is 3.70. The van der Waals surface area contributed by atoms with E-state index in [-0.39, 0.29) is 5.82 Å². The second-order valence-electron chi connectivity index (χ2n) is 4.94. The maximum Gasteiger partial charge on any atom is 0.137 e. The van der Waals surface area contributed by atoms with Crippen LogP contribution in [0.4, 0.5) is 4.39 Å². The summed E-state index contributed by atoms with van der Waals surface area (Å²) in [6, 6.07) is 13.7. The molecule has 1 N–H and O–H groups in total. The van der Waals surface area contributed by atoms with Gasteiger partial charge in [0, 0.05) is 19.0 Å². The van der Waals surface area contributed by atoms with Gasteiger partial charge in [-0.05, 0) is 45.1 Å². The van der Waals surface area contributed by atoms with Gasteiger partial charge in [0.05, 0.1) is 4.47 Å². The summed E-state index contributed by atoms with van der Waals surface area (Å²) >= 11 is 3.29. The first kappa shape index (κ1) is 12.8. The SMILES string of the molecule is Fc1cccc(CNCC2Cc3ccccc32)c1Br. The summed E-state index contributed by atoms with van der Waals surface area (Å²) < 4.78 is 13.9. The Labute approximate surface area is 121 Å². The number of benzene rings is 2. The molecule has 1 unspecified atom stereocenters. The topological polar surface area (TPSA) is 12.0 Å². The fraction of sp³-hybridized carbons (Fsp3) is 0.250. The van der Waals surface area contributed by atoms with Gasteiger partial charge in [-0.2, -0.15) is 0 Å². The standard InChI is InChI=1S/C16H15BrFN/c17-16-12(5-3-7-15(16)18)9-19-10-13-8-11-4-1-2-6-14(11)13/h1-7,13,19H,8-10H2. The van der Waals surface area contributed by atoms with Crippen molar-refractivity contribution in [1.29, 1.82) is 0 Å². The summed E-state index contributed by atoms with van der Waals surface area (Å²) in [5.74, 6) is 0.400. The summed E-state index contributed by atoms with van der Waals surface area (Å²) in [5, 5.41) is 3.42. The van der Waals surface area contributed by atoms with Crippen LogP contribution in [0.25, 0.3) is 0 Å². The number of halogens is 2. The molecular formula is C16H15BrFN. The molecule has 1 aliphatic carbocycles. The summed E-state index contributed by atoms with van der Waals surface area (Å²) in [6.45, 7) is 1.64. The molecule has 1 aliphatic rings. The van der Waals surface area contributed by atoms with E-state index in [2.05, 4.69) is 45.5 Å². The lowest BCUT2D eigenvalue weighted by atomic mass is 9.77. The number of hydrogen-bond donors (Lipinski definition) is 1. The molecule has 0 spiro atoms. The van der Waals surface area contributed by atoms with Crippen molar-refractivity contribution < 1.29 is 4.39 Å². The van der Waals surface area contributed by atoms with Gasteiger partial charge in [0.15, 0.2) is 0 Å². The molecule has 2 aromatic carbocycles. The van der Waals surface area contributed by atoms with Crippen LogP contribution in [0.3, 0.4) is 0 Å². The molecule has 1 atom stereocenters. The Balaban J connectivity index is 1.56. The van der Waals surface area contributed by atoms with E-state index in [9.17, 15) is 4.39 Å². The van der Waals surface area contributed by atoms with E-state index >= 15 is 0 Å². The molecule has 0 fully saturated rings. The van der Waals surface area contributed by atoms with Crippen molar-refractivity contribution in [2.75, 3.05) is 6.54 Å². The normalized spacial score (nSPS) is 16.8. The van der Waals surface area contributed by atoms with Crippen LogP contribution in [0.1, 0.15) is 22.6 Å². The Bertz CT molecular complexity index is 597. The van der Waals surface area contributed by atoms with Gasteiger partial charge in [-0.3, -0.25) is 0 Å². The smallest absolute Gasteiger partial charge is 0.137 e. The zero-order valence-electron chi connectivity index (χ0n) is 10.5. The first-order chi connectivity index (χ1) is 9.25. The number of fused-ring (bicyclic) bond motifs is 1. The summed E-state index contributed by atoms with van der Waals surface area (Å²) in [6.07, 6.45) is 1.15. The van der Waals surface area contributed by atoms with E-state index in [0.717, 1.165) is 18.5 Å². The maximum atomic E-state index is 13.4. The Kier molecular flexibility index (Phi) is 3.67. The van der Waals surface area contributed by atoms with Crippen molar-refractivity contribution in [3.8, 4) is 0 Å². The fourth-order valence-corrected chi connectivity index (χ4v) is 3.02. The predicted octanol–water partition coefficient (Wildman–Crippen LogP) is 4.02. The highest BCUT2D eigenvalue weighted by Gasteiger charge is 2.24. The van der Waals surface area contributed by atoms with E-state index in [1.54, 1.807) is 6.07 Å². The fourth-order valence-electron chi connectivity index (χ4n) is 2.61. The lowest BCUT2D eigenvalue weighted by molar-refractivity contribution is 0.533. The van der Waals surface area contributed by atoms with Crippen LogP contribution in [0.15, 0.2) is 46.9 Å². The molecule has 0 radical (unpaired) electrons. The monoisotopic (exact) mass is 319 g/mol. The maximum absolute atomic E-state index is 13.4. The molecule has 0 aromatic heterocycles. The molecule has 0 bridgehead atoms. The molecular weight excluding hydrogens is 305 g/mol. The Morgan fingerprint density at radius 3 is 2.84 bits per heavy atom. The van der Waals surface area contributed by atoms with Crippen LogP contribution in [0.5, 0.6) is 0 Å². The largest absolute Gasteiger partial charge is 0.312 e. The van der Waals surface area contributed by atoms with Crippen molar-refractivity contribution in [3.63, 3.8) is 0 Å². The van der Waals surface area contributed by atoms with Gasteiger partial charge in [0.25, 0.3) is 0 Å². The molecule has 0 saturated carbocycles. The minimum absolute atomic E-state index is 0.201. The van der Waals surface area contributed by atoms with E-state index in [1.165, 1.54) is 17.2 Å². The highest BCUT2D eigenvalue weighted by molar-refractivity contribution is 9.10. The summed E-state index contributed by atoms with van der Waals surface area (Å²) in [5.41, 5.74) is 3.88. The average Bonchev–Trinajstić information content (AvgIpc) is 2.39. The van der Waals surface area contributed by atoms with E-state index < -0.39 is 0 Å². The highest BCUT2D eigenvalue weighted by Crippen LogP contribution is 2.34. The zero-order chi connectivity index (χ0) is 13.2. The van der Waals surface area contributed by atoms with Gasteiger partial charge in [-0.15, -0.1) is 0 Å². The van der Waals surface area contributed by atoms with Gasteiger partial charge in [-0.1, -0.05) is 36.4 Å². The molecule has 1 nitrogen and oxygen atoms in total. The molecule has 98 valence electrons. The van der Waals surface area contributed by atoms with Crippen molar-refractivity contribution in [2.45, 2.75) is 18.9 Å². The number of hydrogen-bond acceptors (Lipinski definition) is 1. The molecule has 2 aromatic rings. The quantitative estimate of drug-likeness (QED) is 0.897. The molecule has 0 aliphatic heterocycles. The van der Waals surface area contributed by atoms with Crippen molar-refractivity contribution in [1.82, 2.24) is 5.32 Å². The van der Waals surface area contributed by atoms with Gasteiger partial charge >= 0.3 is 0 Å². The molecule has 0 saturated heterocycles. The second kappa shape index (κ2) is 5.43. The zero-order valence-corrected chi connectivity index (χ0v) is 12.1. The van der Waals surface area contributed by atoms with Crippen molar-refractivity contribution >= 4 is 15.9 Å². The van der Waals surface area contributed by atoms with E-state index in [4.69, 9.17) is 0 Å². The minimum Gasteiger partial charge on any atom is -0.312 e. The van der Waals surface area contributed by atoms with Gasteiger partial charge in [0.2, 0.25) is 0 Å². The molecule has 0 amide bonds. The van der Waals surface area contributed by atoms with Gasteiger partial charge in [0.1, 0.15) is 5.82 Å². The Morgan fingerprint density at radius 2 is 2.00 bits per heavy atom. The van der Waals surface area contributed by atoms with Gasteiger partial charge in [-0.25, -0.2) is 4.39 Å². The van der Waals surface area contributed by atoms with E-state index in [1.807, 2.05) is 6.07 Å². The molecule has 0 heterocycles. The first-order valence-corrected chi connectivity index (χ1v) is 7.26. The molecule has 3 rings (SSSR count). The van der Waals surface area contributed by atoms with E-state index in [0.29, 0.717) is 16.9 Å². The third kappa shape index (κ3) is 2.58. The first-order valence-electron chi connectivity index (χ1n) is 6.47. The Morgan fingerprint density at radius 1 is 1.16 bits per heavy atom. The van der Waals surface area contributed by atoms with Crippen LogP contribution in [-0.4, -0.2) is 6.54 Å². The van der Waals surface area contributed by atoms with Crippen LogP contribution in [0, 0.1) is 5.82 Å². The van der Waals surface area contributed by atoms with Gasteiger partial charge < -0.3 is 5.32 Å². The van der Waals surface area contributed by atoms with Crippen molar-refractivity contribution in [2.24, 2.45) is 0 Å². The Hall–Kier alpha value is -1.19. The summed E-state index contributed by atoms with van der Waals surface area (Å²) in [7, 11) is 0. The van der Waals surface area contributed by atoms with Crippen LogP contribution < -0.4 is 5.32 Å². The molecule has 19 heavy (non-hydrogen) atoms. The van der Waals surface area contributed by atoms with Crippen molar-refractivity contribution in [3.05, 3.63) is 69.4 Å². The summed E-state index contributed by atoms with van der Waals surface area (Å²) in [4.78, 5) is 0. The lowest BCUT2D eigenvalue weighted by Gasteiger charge is -2.30. The third-order valence-corrected chi connectivity index (χ3v) is 4.59. The van der Waals surface area contributed by atoms with Crippen LogP contribution >= 0.6 is 15.9 Å².